The number of hydrogen-bond donors (Lipinski definition) is 1. The van der Waals surface area contributed by atoms with E-state index in [9.17, 15) is 5.11 Å². The average Bonchev–Trinajstić information content (AvgIpc) is 2.17. The first-order valence-corrected chi connectivity index (χ1v) is 4.00. The zero-order chi connectivity index (χ0) is 7.72. The van der Waals surface area contributed by atoms with Crippen LogP contribution in [0.4, 0.5) is 0 Å². The van der Waals surface area contributed by atoms with Gasteiger partial charge in [0.15, 0.2) is 0 Å². The number of aliphatic hydroxyl groups is 1. The van der Waals surface area contributed by atoms with Crippen LogP contribution in [0.3, 0.4) is 0 Å². The molecule has 0 aromatic rings. The van der Waals surface area contributed by atoms with Crippen molar-refractivity contribution in [1.82, 2.24) is 0 Å². The van der Waals surface area contributed by atoms with E-state index in [0.717, 1.165) is 6.42 Å². The highest BCUT2D eigenvalue weighted by Crippen LogP contribution is 2.26. The number of ether oxygens (including phenoxy) is 1. The van der Waals surface area contributed by atoms with Crippen LogP contribution in [-0.2, 0) is 4.74 Å². The first-order valence-electron chi connectivity index (χ1n) is 4.00. The van der Waals surface area contributed by atoms with Gasteiger partial charge in [0.25, 0.3) is 0 Å². The van der Waals surface area contributed by atoms with E-state index >= 15 is 0 Å². The predicted octanol–water partition coefficient (Wildman–Crippen LogP) is -0.249. The largest absolute Gasteiger partial charge is 0.391 e. The van der Waals surface area contributed by atoms with Crippen molar-refractivity contribution in [2.24, 2.45) is 5.92 Å². The van der Waals surface area contributed by atoms with Crippen LogP contribution in [0.25, 0.3) is 0 Å². The number of hydrogen-bond acceptors (Lipinski definition) is 2. The fourth-order valence-electron chi connectivity index (χ4n) is 1.60. The topological polar surface area (TPSA) is 29.5 Å². The summed E-state index contributed by atoms with van der Waals surface area (Å²) in [6.45, 7) is 4.13. The minimum absolute atomic E-state index is 0.0277. The lowest BCUT2D eigenvalue weighted by molar-refractivity contribution is 0.0578. The van der Waals surface area contributed by atoms with Gasteiger partial charge in [0.2, 0.25) is 0 Å². The normalized spacial score (nSPS) is 47.9. The summed E-state index contributed by atoms with van der Waals surface area (Å²) in [5.74, 6) is 0.306. The van der Waals surface area contributed by atoms with Gasteiger partial charge in [0.1, 0.15) is 7.85 Å². The molecule has 1 saturated heterocycles. The average molecular weight is 142 g/mol. The fraction of sp³-hybridized carbons (Fsp3) is 1.00. The van der Waals surface area contributed by atoms with E-state index in [1.807, 2.05) is 14.8 Å². The van der Waals surface area contributed by atoms with E-state index in [-0.39, 0.29) is 18.2 Å². The smallest absolute Gasteiger partial charge is 0.142 e. The number of rotatable bonds is 1. The van der Waals surface area contributed by atoms with Crippen molar-refractivity contribution in [3.8, 4) is 0 Å². The quantitative estimate of drug-likeness (QED) is 0.511. The van der Waals surface area contributed by atoms with Crippen molar-refractivity contribution in [2.75, 3.05) is 0 Å². The van der Waals surface area contributed by atoms with E-state index in [4.69, 9.17) is 4.74 Å². The highest BCUT2D eigenvalue weighted by Gasteiger charge is 2.36. The van der Waals surface area contributed by atoms with Gasteiger partial charge < -0.3 is 9.84 Å². The van der Waals surface area contributed by atoms with Crippen LogP contribution in [0.1, 0.15) is 20.3 Å². The van der Waals surface area contributed by atoms with E-state index in [2.05, 4.69) is 6.92 Å². The van der Waals surface area contributed by atoms with Gasteiger partial charge in [0.05, 0.1) is 18.2 Å². The Bertz CT molecular complexity index is 118. The van der Waals surface area contributed by atoms with Gasteiger partial charge in [-0.25, -0.2) is 0 Å². The fourth-order valence-corrected chi connectivity index (χ4v) is 1.60. The lowest BCUT2D eigenvalue weighted by Gasteiger charge is -2.12. The molecule has 1 N–H and O–H groups in total. The first kappa shape index (κ1) is 8.09. The molecule has 0 radical (unpaired) electrons. The maximum absolute atomic E-state index is 9.44. The monoisotopic (exact) mass is 142 g/mol. The second-order valence-electron chi connectivity index (χ2n) is 3.14. The first-order chi connectivity index (χ1) is 4.66. The van der Waals surface area contributed by atoms with Gasteiger partial charge >= 0.3 is 0 Å². The molecule has 0 bridgehead atoms. The molecular formula is C7H15BO2. The van der Waals surface area contributed by atoms with Crippen LogP contribution in [-0.4, -0.2) is 31.2 Å². The van der Waals surface area contributed by atoms with Crippen molar-refractivity contribution < 1.29 is 9.84 Å². The molecule has 1 aliphatic rings. The molecule has 0 aromatic carbocycles. The minimum Gasteiger partial charge on any atom is -0.391 e. The van der Waals surface area contributed by atoms with Gasteiger partial charge in [-0.1, -0.05) is 13.8 Å². The van der Waals surface area contributed by atoms with E-state index < -0.39 is 0 Å². The van der Waals surface area contributed by atoms with E-state index in [0.29, 0.717) is 5.92 Å². The van der Waals surface area contributed by atoms with Gasteiger partial charge in [-0.05, 0) is 6.42 Å². The van der Waals surface area contributed by atoms with Crippen molar-refractivity contribution in [3.63, 3.8) is 0 Å². The molecule has 58 valence electrons. The summed E-state index contributed by atoms with van der Waals surface area (Å²) in [7, 11) is 1.93. The summed E-state index contributed by atoms with van der Waals surface area (Å²) < 4.78 is 5.48. The van der Waals surface area contributed by atoms with Crippen molar-refractivity contribution in [3.05, 3.63) is 0 Å². The number of aliphatic hydroxyl groups excluding tert-OH is 1. The molecule has 1 fully saturated rings. The summed E-state index contributed by atoms with van der Waals surface area (Å²) in [5.41, 5.74) is 0. The Morgan fingerprint density at radius 2 is 2.20 bits per heavy atom. The molecule has 1 rings (SSSR count). The van der Waals surface area contributed by atoms with Crippen molar-refractivity contribution in [1.29, 1.82) is 0 Å². The summed E-state index contributed by atoms with van der Waals surface area (Å²) in [6, 6.07) is 0.0277. The molecule has 1 unspecified atom stereocenters. The Hall–Kier alpha value is -0.0151. The second-order valence-corrected chi connectivity index (χ2v) is 3.14. The Labute approximate surface area is 63.0 Å². The molecule has 0 aliphatic carbocycles. The Morgan fingerprint density at radius 3 is 2.40 bits per heavy atom. The van der Waals surface area contributed by atoms with Crippen molar-refractivity contribution in [2.45, 2.75) is 38.5 Å². The van der Waals surface area contributed by atoms with Crippen LogP contribution in [0.5, 0.6) is 0 Å². The third-order valence-corrected chi connectivity index (χ3v) is 2.40. The minimum atomic E-state index is -0.259. The second kappa shape index (κ2) is 2.93. The summed E-state index contributed by atoms with van der Waals surface area (Å²) in [5, 5.41) is 9.44. The molecular weight excluding hydrogens is 127 g/mol. The molecule has 3 heteroatoms. The van der Waals surface area contributed by atoms with Crippen LogP contribution >= 0.6 is 0 Å². The van der Waals surface area contributed by atoms with Crippen LogP contribution in [0.2, 0.25) is 0 Å². The van der Waals surface area contributed by atoms with E-state index in [1.54, 1.807) is 0 Å². The predicted molar refractivity (Wildman–Crippen MR) is 42.7 cm³/mol. The molecule has 0 aromatic heterocycles. The molecule has 1 heterocycles. The maximum atomic E-state index is 9.44. The third kappa shape index (κ3) is 1.20. The summed E-state index contributed by atoms with van der Waals surface area (Å²) >= 11 is 0. The maximum Gasteiger partial charge on any atom is 0.142 e. The SMILES string of the molecule is B[C@@H]1O[C@H](CC)[C@H](C)C1O. The van der Waals surface area contributed by atoms with Gasteiger partial charge in [-0.15, -0.1) is 0 Å². The standard InChI is InChI=1S/C7H15BO2/c1-3-5-4(2)6(9)7(8)10-5/h4-7,9H,3,8H2,1-2H3/t4-,5+,6?,7+/m0/s1. The highest BCUT2D eigenvalue weighted by atomic mass is 16.5. The third-order valence-electron chi connectivity index (χ3n) is 2.40. The molecule has 0 amide bonds. The Balaban J connectivity index is 2.53. The van der Waals surface area contributed by atoms with Crippen LogP contribution in [0, 0.1) is 5.92 Å². The summed E-state index contributed by atoms with van der Waals surface area (Å²) in [6.07, 6.45) is 1.01. The molecule has 1 aliphatic heterocycles. The molecule has 0 saturated carbocycles. The zero-order valence-corrected chi connectivity index (χ0v) is 6.87. The molecule has 4 atom stereocenters. The molecule has 10 heavy (non-hydrogen) atoms. The van der Waals surface area contributed by atoms with E-state index in [1.165, 1.54) is 0 Å². The van der Waals surface area contributed by atoms with Crippen LogP contribution in [0.15, 0.2) is 0 Å². The van der Waals surface area contributed by atoms with Gasteiger partial charge in [-0.3, -0.25) is 0 Å². The Kier molecular flexibility index (Phi) is 2.37. The van der Waals surface area contributed by atoms with Crippen LogP contribution < -0.4 is 0 Å². The summed E-state index contributed by atoms with van der Waals surface area (Å²) in [4.78, 5) is 0. The zero-order valence-electron chi connectivity index (χ0n) is 6.87. The van der Waals surface area contributed by atoms with Gasteiger partial charge in [0, 0.05) is 5.92 Å². The highest BCUT2D eigenvalue weighted by molar-refractivity contribution is 6.11. The molecule has 0 spiro atoms. The lowest BCUT2D eigenvalue weighted by Crippen LogP contribution is -2.25. The van der Waals surface area contributed by atoms with Gasteiger partial charge in [-0.2, -0.15) is 0 Å². The van der Waals surface area contributed by atoms with Crippen molar-refractivity contribution >= 4 is 7.85 Å². The Morgan fingerprint density at radius 1 is 1.60 bits per heavy atom. The molecule has 2 nitrogen and oxygen atoms in total. The lowest BCUT2D eigenvalue weighted by atomic mass is 9.88.